The molecule has 4 aromatic carbocycles. The number of rotatable bonds is 5. The second-order valence-corrected chi connectivity index (χ2v) is 11.4. The Hall–Kier alpha value is -3.47. The van der Waals surface area contributed by atoms with Crippen LogP contribution in [0.4, 0.5) is 11.4 Å². The van der Waals surface area contributed by atoms with Crippen LogP contribution in [0, 0.1) is 0 Å². The third-order valence-electron chi connectivity index (χ3n) is 4.98. The summed E-state index contributed by atoms with van der Waals surface area (Å²) in [7, 11) is -14.5. The molecule has 0 atom stereocenters. The van der Waals surface area contributed by atoms with Crippen LogP contribution in [0.3, 0.4) is 0 Å². The van der Waals surface area contributed by atoms with E-state index in [-0.39, 0.29) is 32.1 Å². The first kappa shape index (κ1) is 24.6. The Balaban J connectivity index is 2.02. The molecule has 4 N–H and O–H groups in total. The van der Waals surface area contributed by atoms with E-state index < -0.39 is 51.6 Å². The summed E-state index contributed by atoms with van der Waals surface area (Å²) >= 11 is 0. The van der Waals surface area contributed by atoms with E-state index >= 15 is 0 Å². The summed E-state index contributed by atoms with van der Waals surface area (Å²) < 4.78 is 99.0. The van der Waals surface area contributed by atoms with Gasteiger partial charge in [0.05, 0.1) is 10.6 Å². The fraction of sp³-hybridized carbons (Fsp3) is 0. The molecule has 0 saturated carbocycles. The molecule has 15 heteroatoms. The van der Waals surface area contributed by atoms with Crippen molar-refractivity contribution in [3.63, 3.8) is 0 Å². The molecule has 0 saturated heterocycles. The zero-order chi connectivity index (χ0) is 25.8. The first-order valence-corrected chi connectivity index (χ1v) is 13.7. The Morgan fingerprint density at radius 2 is 1.26 bits per heavy atom. The summed E-state index contributed by atoms with van der Waals surface area (Å²) in [5, 5.41) is 18.1. The van der Waals surface area contributed by atoms with E-state index in [9.17, 15) is 44.0 Å². The van der Waals surface area contributed by atoms with Crippen molar-refractivity contribution in [2.24, 2.45) is 10.2 Å². The number of aromatic hydroxyl groups is 1. The van der Waals surface area contributed by atoms with Crippen molar-refractivity contribution < 1.29 is 44.0 Å². The van der Waals surface area contributed by atoms with Gasteiger partial charge in [0, 0.05) is 16.2 Å². The first-order chi connectivity index (χ1) is 16.2. The van der Waals surface area contributed by atoms with Crippen molar-refractivity contribution in [2.45, 2.75) is 14.7 Å². The van der Waals surface area contributed by atoms with Crippen LogP contribution < -0.4 is 0 Å². The maximum absolute atomic E-state index is 12.0. The van der Waals surface area contributed by atoms with Crippen molar-refractivity contribution in [1.29, 1.82) is 0 Å². The second kappa shape index (κ2) is 8.33. The van der Waals surface area contributed by atoms with E-state index in [4.69, 9.17) is 0 Å². The average Bonchev–Trinajstić information content (AvgIpc) is 2.75. The summed E-state index contributed by atoms with van der Waals surface area (Å²) in [5.41, 5.74) is -0.382. The van der Waals surface area contributed by atoms with Crippen LogP contribution in [-0.2, 0) is 30.4 Å². The minimum Gasteiger partial charge on any atom is -0.506 e. The number of nitrogens with zero attached hydrogens (tertiary/aromatic N) is 2. The number of hydrogen-bond acceptors (Lipinski definition) is 9. The van der Waals surface area contributed by atoms with Crippen LogP contribution in [0.1, 0.15) is 0 Å². The van der Waals surface area contributed by atoms with Crippen molar-refractivity contribution >= 4 is 63.3 Å². The Labute approximate surface area is 198 Å². The summed E-state index contributed by atoms with van der Waals surface area (Å²) in [4.78, 5) is -2.16. The Kier molecular flexibility index (Phi) is 5.87. The Morgan fingerprint density at radius 3 is 1.86 bits per heavy atom. The molecule has 0 bridgehead atoms. The van der Waals surface area contributed by atoms with Crippen molar-refractivity contribution in [3.8, 4) is 5.75 Å². The quantitative estimate of drug-likeness (QED) is 0.213. The van der Waals surface area contributed by atoms with E-state index in [0.717, 1.165) is 24.3 Å². The molecule has 0 aromatic heterocycles. The minimum atomic E-state index is -5.07. The van der Waals surface area contributed by atoms with Gasteiger partial charge in [0.1, 0.15) is 21.2 Å². The van der Waals surface area contributed by atoms with E-state index in [1.54, 1.807) is 6.07 Å². The lowest BCUT2D eigenvalue weighted by Gasteiger charge is -2.10. The number of phenolic OH excluding ortho intramolecular Hbond substituents is 1. The molecule has 0 amide bonds. The number of benzene rings is 4. The second-order valence-electron chi connectivity index (χ2n) is 7.21. The van der Waals surface area contributed by atoms with Gasteiger partial charge in [0.2, 0.25) is 0 Å². The molecule has 12 nitrogen and oxygen atoms in total. The molecule has 0 radical (unpaired) electrons. The van der Waals surface area contributed by atoms with Crippen molar-refractivity contribution in [3.05, 3.63) is 60.7 Å². The van der Waals surface area contributed by atoms with Crippen LogP contribution in [0.15, 0.2) is 85.6 Å². The zero-order valence-electron chi connectivity index (χ0n) is 17.1. The van der Waals surface area contributed by atoms with E-state index in [2.05, 4.69) is 10.2 Å². The van der Waals surface area contributed by atoms with Gasteiger partial charge in [-0.05, 0) is 35.7 Å². The van der Waals surface area contributed by atoms with Crippen LogP contribution in [0.5, 0.6) is 5.75 Å². The van der Waals surface area contributed by atoms with Gasteiger partial charge in [0.25, 0.3) is 30.4 Å². The third kappa shape index (κ3) is 4.72. The lowest BCUT2D eigenvalue weighted by molar-refractivity contribution is 0.476. The SMILES string of the molecule is O=S(=O)(O)c1cc(S(=O)(=O)O)c2c(N=Nc3ccc(S(=O)(=O)O)c4ccccc34)c(O)ccc2c1. The van der Waals surface area contributed by atoms with E-state index in [1.807, 2.05) is 0 Å². The van der Waals surface area contributed by atoms with Gasteiger partial charge in [-0.1, -0.05) is 30.3 Å². The van der Waals surface area contributed by atoms with E-state index in [1.165, 1.54) is 24.3 Å². The molecule has 4 aromatic rings. The summed E-state index contributed by atoms with van der Waals surface area (Å²) in [6.07, 6.45) is 0. The highest BCUT2D eigenvalue weighted by Crippen LogP contribution is 2.41. The van der Waals surface area contributed by atoms with Crippen LogP contribution in [-0.4, -0.2) is 44.0 Å². The average molecular weight is 539 g/mol. The molecule has 0 fully saturated rings. The highest BCUT2D eigenvalue weighted by atomic mass is 32.2. The maximum Gasteiger partial charge on any atom is 0.295 e. The predicted octanol–water partition coefficient (Wildman–Crippen LogP) is 3.85. The maximum atomic E-state index is 12.0. The van der Waals surface area contributed by atoms with Gasteiger partial charge in [0.15, 0.2) is 0 Å². The monoisotopic (exact) mass is 538 g/mol. The fourth-order valence-electron chi connectivity index (χ4n) is 3.50. The highest BCUT2D eigenvalue weighted by Gasteiger charge is 2.24. The number of phenols is 1. The smallest absolute Gasteiger partial charge is 0.295 e. The van der Waals surface area contributed by atoms with Crippen LogP contribution in [0.25, 0.3) is 21.5 Å². The van der Waals surface area contributed by atoms with Gasteiger partial charge in [-0.25, -0.2) is 0 Å². The normalized spacial score (nSPS) is 13.1. The minimum absolute atomic E-state index is 0.0763. The summed E-state index contributed by atoms with van der Waals surface area (Å²) in [5.74, 6) is -0.579. The van der Waals surface area contributed by atoms with Gasteiger partial charge < -0.3 is 5.11 Å². The summed E-state index contributed by atoms with van der Waals surface area (Å²) in [6.45, 7) is 0. The lowest BCUT2D eigenvalue weighted by atomic mass is 10.1. The number of azo groups is 1. The highest BCUT2D eigenvalue weighted by molar-refractivity contribution is 7.87. The summed E-state index contributed by atoms with van der Waals surface area (Å²) in [6, 6.07) is 11.9. The van der Waals surface area contributed by atoms with Crippen LogP contribution >= 0.6 is 0 Å². The molecular weight excluding hydrogens is 524 g/mol. The van der Waals surface area contributed by atoms with Crippen LogP contribution in [0.2, 0.25) is 0 Å². The van der Waals surface area contributed by atoms with Gasteiger partial charge >= 0.3 is 0 Å². The molecule has 0 spiro atoms. The van der Waals surface area contributed by atoms with Crippen molar-refractivity contribution in [2.75, 3.05) is 0 Å². The fourth-order valence-corrected chi connectivity index (χ4v) is 5.56. The molecule has 0 aliphatic carbocycles. The Morgan fingerprint density at radius 1 is 0.629 bits per heavy atom. The lowest BCUT2D eigenvalue weighted by Crippen LogP contribution is -2.04. The van der Waals surface area contributed by atoms with Gasteiger partial charge in [-0.15, -0.1) is 10.2 Å². The van der Waals surface area contributed by atoms with Crippen molar-refractivity contribution in [1.82, 2.24) is 0 Å². The van der Waals surface area contributed by atoms with Gasteiger partial charge in [-0.3, -0.25) is 13.7 Å². The van der Waals surface area contributed by atoms with E-state index in [0.29, 0.717) is 6.07 Å². The van der Waals surface area contributed by atoms with Gasteiger partial charge in [-0.2, -0.15) is 25.3 Å². The molecule has 0 aliphatic rings. The zero-order valence-corrected chi connectivity index (χ0v) is 19.6. The number of hydrogen-bond donors (Lipinski definition) is 4. The number of fused-ring (bicyclic) bond motifs is 2. The molecule has 0 aliphatic heterocycles. The molecule has 4 rings (SSSR count). The third-order valence-corrected chi connectivity index (χ3v) is 7.60. The molecular formula is C20H14N2O10S3. The topological polar surface area (TPSA) is 208 Å². The first-order valence-electron chi connectivity index (χ1n) is 9.33. The molecule has 0 heterocycles. The largest absolute Gasteiger partial charge is 0.506 e. The standard InChI is InChI=1S/C20H14N2O10S3/c23-16-7-5-11-9-12(33(24,25)26)10-18(35(30,31)32)19(11)20(16)22-21-15-6-8-17(34(27,28)29)14-4-2-1-3-13(14)15/h1-10,23H,(H,24,25,26)(H,27,28,29)(H,30,31,32). The Bertz CT molecular complexity index is 1880. The predicted molar refractivity (Wildman–Crippen MR) is 123 cm³/mol. The molecule has 35 heavy (non-hydrogen) atoms. The molecule has 182 valence electrons. The molecule has 0 unspecified atom stereocenters.